The minimum absolute atomic E-state index is 0.0295. The zero-order valence-electron chi connectivity index (χ0n) is 15.8. The second-order valence-electron chi connectivity index (χ2n) is 7.57. The summed E-state index contributed by atoms with van der Waals surface area (Å²) in [6.07, 6.45) is 1.72. The van der Waals surface area contributed by atoms with Gasteiger partial charge in [-0.3, -0.25) is 4.79 Å². The van der Waals surface area contributed by atoms with Crippen LogP contribution in [0.1, 0.15) is 27.2 Å². The molecule has 0 saturated heterocycles. The molecule has 2 rings (SSSR count). The van der Waals surface area contributed by atoms with Crippen LogP contribution in [0.15, 0.2) is 73.3 Å². The number of hydrogen-bond acceptors (Lipinski definition) is 2. The molecule has 1 unspecified atom stereocenters. The van der Waals surface area contributed by atoms with Gasteiger partial charge in [0.15, 0.2) is 0 Å². The summed E-state index contributed by atoms with van der Waals surface area (Å²) in [6, 6.07) is 20.7. The molecule has 0 spiro atoms. The molecule has 0 aliphatic carbocycles. The lowest BCUT2D eigenvalue weighted by Crippen LogP contribution is -2.66. The summed E-state index contributed by atoms with van der Waals surface area (Å²) in [7, 11) is -2.62. The van der Waals surface area contributed by atoms with Gasteiger partial charge in [0.25, 0.3) is 8.32 Å². The molecule has 138 valence electrons. The quantitative estimate of drug-likeness (QED) is 0.569. The maximum absolute atomic E-state index is 11.1. The molecule has 2 aromatic rings. The molecule has 3 nitrogen and oxygen atoms in total. The Morgan fingerprint density at radius 3 is 1.88 bits per heavy atom. The van der Waals surface area contributed by atoms with Crippen LogP contribution in [-0.2, 0) is 9.22 Å². The van der Waals surface area contributed by atoms with Crippen molar-refractivity contribution in [2.75, 3.05) is 6.61 Å². The van der Waals surface area contributed by atoms with Crippen molar-refractivity contribution >= 4 is 24.7 Å². The summed E-state index contributed by atoms with van der Waals surface area (Å²) in [6.45, 7) is 10.8. The zero-order chi connectivity index (χ0) is 19.2. The molecular formula is C22H28O3Si. The van der Waals surface area contributed by atoms with Crippen LogP contribution in [0, 0.1) is 5.92 Å². The van der Waals surface area contributed by atoms with Crippen LogP contribution in [0.5, 0.6) is 0 Å². The van der Waals surface area contributed by atoms with E-state index >= 15 is 0 Å². The van der Waals surface area contributed by atoms with E-state index < -0.39 is 14.3 Å². The van der Waals surface area contributed by atoms with Gasteiger partial charge in [0.1, 0.15) is 0 Å². The van der Waals surface area contributed by atoms with Crippen LogP contribution in [0.3, 0.4) is 0 Å². The van der Waals surface area contributed by atoms with Crippen molar-refractivity contribution in [2.45, 2.75) is 32.2 Å². The molecule has 0 aliphatic heterocycles. The standard InChI is InChI=1S/C22H28O3Si/c1-5-18(16-21(23)24)17-25-26(22(2,3)4,19-12-8-6-9-13-19)20-14-10-7-11-15-20/h5-15,18H,1,16-17H2,2-4H3,(H,23,24). The summed E-state index contributed by atoms with van der Waals surface area (Å²) in [5, 5.41) is 11.4. The van der Waals surface area contributed by atoms with Gasteiger partial charge >= 0.3 is 5.97 Å². The van der Waals surface area contributed by atoms with Crippen molar-refractivity contribution in [3.05, 3.63) is 73.3 Å². The first-order valence-electron chi connectivity index (χ1n) is 8.90. The monoisotopic (exact) mass is 368 g/mol. The maximum atomic E-state index is 11.1. The first kappa shape index (κ1) is 20.1. The highest BCUT2D eigenvalue weighted by molar-refractivity contribution is 6.99. The Labute approximate surface area is 157 Å². The molecule has 0 amide bonds. The van der Waals surface area contributed by atoms with Gasteiger partial charge in [-0.15, -0.1) is 6.58 Å². The van der Waals surface area contributed by atoms with Gasteiger partial charge in [-0.25, -0.2) is 0 Å². The van der Waals surface area contributed by atoms with Crippen LogP contribution in [0.2, 0.25) is 5.04 Å². The molecule has 1 N–H and O–H groups in total. The van der Waals surface area contributed by atoms with Gasteiger partial charge in [-0.1, -0.05) is 87.5 Å². The van der Waals surface area contributed by atoms with Crippen LogP contribution >= 0.6 is 0 Å². The fourth-order valence-electron chi connectivity index (χ4n) is 3.43. The molecule has 1 atom stereocenters. The Morgan fingerprint density at radius 2 is 1.54 bits per heavy atom. The molecule has 4 heteroatoms. The summed E-state index contributed by atoms with van der Waals surface area (Å²) in [5.74, 6) is -1.05. The lowest BCUT2D eigenvalue weighted by molar-refractivity contribution is -0.137. The average Bonchev–Trinajstić information content (AvgIpc) is 2.61. The van der Waals surface area contributed by atoms with Gasteiger partial charge < -0.3 is 9.53 Å². The summed E-state index contributed by atoms with van der Waals surface area (Å²) in [4.78, 5) is 11.1. The van der Waals surface area contributed by atoms with Crippen LogP contribution in [-0.4, -0.2) is 26.0 Å². The number of hydrogen-bond donors (Lipinski definition) is 1. The van der Waals surface area contributed by atoms with Crippen LogP contribution in [0.4, 0.5) is 0 Å². The third-order valence-corrected chi connectivity index (χ3v) is 9.71. The second kappa shape index (κ2) is 8.47. The minimum atomic E-state index is -2.62. The molecule has 0 radical (unpaired) electrons. The van der Waals surface area contributed by atoms with E-state index in [1.54, 1.807) is 6.08 Å². The molecule has 0 aromatic heterocycles. The van der Waals surface area contributed by atoms with Crippen molar-refractivity contribution in [1.82, 2.24) is 0 Å². The van der Waals surface area contributed by atoms with E-state index in [-0.39, 0.29) is 17.4 Å². The van der Waals surface area contributed by atoms with Gasteiger partial charge in [-0.05, 0) is 15.4 Å². The van der Waals surface area contributed by atoms with E-state index in [2.05, 4.69) is 51.6 Å². The maximum Gasteiger partial charge on any atom is 0.304 e. The first-order chi connectivity index (χ1) is 12.3. The number of carboxylic acid groups (broad SMARTS) is 1. The molecule has 0 fully saturated rings. The van der Waals surface area contributed by atoms with Gasteiger partial charge in [0.05, 0.1) is 6.42 Å². The predicted molar refractivity (Wildman–Crippen MR) is 110 cm³/mol. The number of carbonyl (C=O) groups is 1. The van der Waals surface area contributed by atoms with E-state index in [9.17, 15) is 4.79 Å². The van der Waals surface area contributed by atoms with Crippen molar-refractivity contribution < 1.29 is 14.3 Å². The summed E-state index contributed by atoms with van der Waals surface area (Å²) >= 11 is 0. The van der Waals surface area contributed by atoms with Crippen molar-refractivity contribution in [2.24, 2.45) is 5.92 Å². The normalized spacial score (nSPS) is 13.2. The van der Waals surface area contributed by atoms with Gasteiger partial charge in [0.2, 0.25) is 0 Å². The molecule has 26 heavy (non-hydrogen) atoms. The van der Waals surface area contributed by atoms with Crippen molar-refractivity contribution in [3.63, 3.8) is 0 Å². The minimum Gasteiger partial charge on any atom is -0.481 e. The Bertz CT molecular complexity index is 681. The molecule has 0 saturated carbocycles. The average molecular weight is 369 g/mol. The second-order valence-corrected chi connectivity index (χ2v) is 11.9. The Balaban J connectivity index is 2.53. The highest BCUT2D eigenvalue weighted by Gasteiger charge is 2.50. The SMILES string of the molecule is C=CC(CO[Si](c1ccccc1)(c1ccccc1)C(C)(C)C)CC(=O)O. The number of benzene rings is 2. The van der Waals surface area contributed by atoms with Crippen LogP contribution < -0.4 is 10.4 Å². The Morgan fingerprint density at radius 1 is 1.08 bits per heavy atom. The van der Waals surface area contributed by atoms with E-state index in [4.69, 9.17) is 9.53 Å². The first-order valence-corrected chi connectivity index (χ1v) is 10.8. The van der Waals surface area contributed by atoms with Gasteiger partial charge in [0, 0.05) is 12.5 Å². The number of carboxylic acids is 1. The van der Waals surface area contributed by atoms with Crippen LogP contribution in [0.25, 0.3) is 0 Å². The summed E-state index contributed by atoms with van der Waals surface area (Å²) < 4.78 is 6.72. The Hall–Kier alpha value is -2.17. The fourth-order valence-corrected chi connectivity index (χ4v) is 8.05. The number of aliphatic carboxylic acids is 1. The molecule has 0 heterocycles. The molecule has 0 bridgehead atoms. The van der Waals surface area contributed by atoms with Gasteiger partial charge in [-0.2, -0.15) is 0 Å². The zero-order valence-corrected chi connectivity index (χ0v) is 16.8. The lowest BCUT2D eigenvalue weighted by atomic mass is 10.1. The topological polar surface area (TPSA) is 46.5 Å². The highest BCUT2D eigenvalue weighted by Crippen LogP contribution is 2.37. The number of rotatable bonds is 8. The van der Waals surface area contributed by atoms with E-state index in [1.165, 1.54) is 10.4 Å². The van der Waals surface area contributed by atoms with Crippen molar-refractivity contribution in [1.29, 1.82) is 0 Å². The smallest absolute Gasteiger partial charge is 0.304 e. The Kier molecular flexibility index (Phi) is 6.56. The largest absolute Gasteiger partial charge is 0.481 e. The third-order valence-electron chi connectivity index (χ3n) is 4.70. The van der Waals surface area contributed by atoms with Crippen molar-refractivity contribution in [3.8, 4) is 0 Å². The molecular weight excluding hydrogens is 340 g/mol. The molecule has 0 aliphatic rings. The molecule has 2 aromatic carbocycles. The lowest BCUT2D eigenvalue weighted by Gasteiger charge is -2.43. The third kappa shape index (κ3) is 4.32. The van der Waals surface area contributed by atoms with E-state index in [1.807, 2.05) is 36.4 Å². The van der Waals surface area contributed by atoms with E-state index in [0.717, 1.165) is 0 Å². The summed E-state index contributed by atoms with van der Waals surface area (Å²) in [5.41, 5.74) is 0. The predicted octanol–water partition coefficient (Wildman–Crippen LogP) is 3.84. The van der Waals surface area contributed by atoms with E-state index in [0.29, 0.717) is 6.61 Å². The fraction of sp³-hybridized carbons (Fsp3) is 0.318. The highest BCUT2D eigenvalue weighted by atomic mass is 28.4.